The fourth-order valence-corrected chi connectivity index (χ4v) is 2.45. The molecule has 0 aliphatic heterocycles. The van der Waals surface area contributed by atoms with E-state index in [1.54, 1.807) is 28.0 Å². The molecule has 0 atom stereocenters. The van der Waals surface area contributed by atoms with E-state index in [0.29, 0.717) is 30.2 Å². The van der Waals surface area contributed by atoms with Gasteiger partial charge in [0.25, 0.3) is 0 Å². The average molecular weight is 344 g/mol. The molecule has 0 unspecified atom stereocenters. The molecule has 3 aromatic rings. The van der Waals surface area contributed by atoms with E-state index in [2.05, 4.69) is 46.7 Å². The van der Waals surface area contributed by atoms with Gasteiger partial charge in [-0.05, 0) is 12.5 Å². The number of benzene rings is 1. The van der Waals surface area contributed by atoms with E-state index in [1.165, 1.54) is 5.56 Å². The first-order valence-corrected chi connectivity index (χ1v) is 8.02. The van der Waals surface area contributed by atoms with Crippen molar-refractivity contribution in [1.29, 1.82) is 0 Å². The van der Waals surface area contributed by atoms with Crippen molar-refractivity contribution >= 4 is 23.2 Å². The summed E-state index contributed by atoms with van der Waals surface area (Å²) in [6.07, 6.45) is 7.03. The summed E-state index contributed by atoms with van der Waals surface area (Å²) in [4.78, 5) is 12.0. The van der Waals surface area contributed by atoms with Crippen LogP contribution in [0.3, 0.4) is 0 Å². The zero-order valence-corrected chi connectivity index (χ0v) is 14.1. The van der Waals surface area contributed by atoms with Crippen molar-refractivity contribution in [3.63, 3.8) is 0 Å². The van der Waals surface area contributed by atoms with Crippen molar-refractivity contribution in [2.75, 3.05) is 5.32 Å². The largest absolute Gasteiger partial charge is 0.323 e. The standard InChI is InChI=1S/C17H18ClN5O/c1-13-2-4-14(5-3-13)10-23-12-16(9-20-23)21-17(24)6-7-22-11-15(18)8-19-22/h2-5,8-9,11-12H,6-7,10H2,1H3,(H,21,24). The van der Waals surface area contributed by atoms with E-state index < -0.39 is 0 Å². The van der Waals surface area contributed by atoms with Crippen LogP contribution in [0.5, 0.6) is 0 Å². The van der Waals surface area contributed by atoms with Gasteiger partial charge in [0.05, 0.1) is 29.6 Å². The lowest BCUT2D eigenvalue weighted by Gasteiger charge is -2.03. The summed E-state index contributed by atoms with van der Waals surface area (Å²) in [6, 6.07) is 8.29. The third kappa shape index (κ3) is 4.45. The SMILES string of the molecule is Cc1ccc(Cn2cc(NC(=O)CCn3cc(Cl)cn3)cn2)cc1. The summed E-state index contributed by atoms with van der Waals surface area (Å²) in [6.45, 7) is 3.21. The summed E-state index contributed by atoms with van der Waals surface area (Å²) in [7, 11) is 0. The second-order valence-corrected chi connectivity index (χ2v) is 6.07. The molecule has 0 spiro atoms. The first kappa shape index (κ1) is 16.3. The molecular weight excluding hydrogens is 326 g/mol. The lowest BCUT2D eigenvalue weighted by Crippen LogP contribution is -2.14. The van der Waals surface area contributed by atoms with Crippen LogP contribution in [0.2, 0.25) is 5.02 Å². The van der Waals surface area contributed by atoms with Crippen molar-refractivity contribution in [2.24, 2.45) is 0 Å². The smallest absolute Gasteiger partial charge is 0.226 e. The van der Waals surface area contributed by atoms with Crippen LogP contribution < -0.4 is 5.32 Å². The Balaban J connectivity index is 1.51. The second kappa shape index (κ2) is 7.31. The van der Waals surface area contributed by atoms with E-state index in [0.717, 1.165) is 5.56 Å². The molecule has 0 fully saturated rings. The summed E-state index contributed by atoms with van der Waals surface area (Å²) >= 11 is 5.79. The monoisotopic (exact) mass is 343 g/mol. The van der Waals surface area contributed by atoms with Crippen molar-refractivity contribution in [3.05, 3.63) is 65.2 Å². The molecule has 0 radical (unpaired) electrons. The minimum Gasteiger partial charge on any atom is -0.323 e. The van der Waals surface area contributed by atoms with E-state index >= 15 is 0 Å². The predicted octanol–water partition coefficient (Wildman–Crippen LogP) is 3.12. The highest BCUT2D eigenvalue weighted by Gasteiger charge is 2.06. The number of nitrogens with zero attached hydrogens (tertiary/aromatic N) is 4. The second-order valence-electron chi connectivity index (χ2n) is 5.63. The Kier molecular flexibility index (Phi) is 4.96. The van der Waals surface area contributed by atoms with Crippen LogP contribution in [0.15, 0.2) is 49.1 Å². The van der Waals surface area contributed by atoms with Crippen LogP contribution in [0, 0.1) is 6.92 Å². The fourth-order valence-electron chi connectivity index (χ4n) is 2.30. The van der Waals surface area contributed by atoms with Gasteiger partial charge in [0.2, 0.25) is 5.91 Å². The third-order valence-electron chi connectivity index (χ3n) is 3.55. The highest BCUT2D eigenvalue weighted by molar-refractivity contribution is 6.30. The van der Waals surface area contributed by atoms with Gasteiger partial charge >= 0.3 is 0 Å². The van der Waals surface area contributed by atoms with Crippen LogP contribution >= 0.6 is 11.6 Å². The maximum atomic E-state index is 12.0. The van der Waals surface area contributed by atoms with Crippen LogP contribution in [0.1, 0.15) is 17.5 Å². The minimum atomic E-state index is -0.0866. The molecule has 2 aromatic heterocycles. The van der Waals surface area contributed by atoms with Crippen molar-refractivity contribution in [1.82, 2.24) is 19.6 Å². The molecule has 124 valence electrons. The van der Waals surface area contributed by atoms with Crippen LogP contribution in [-0.2, 0) is 17.9 Å². The Morgan fingerprint density at radius 3 is 2.58 bits per heavy atom. The first-order valence-electron chi connectivity index (χ1n) is 7.64. The summed E-state index contributed by atoms with van der Waals surface area (Å²) in [5.74, 6) is -0.0866. The maximum Gasteiger partial charge on any atom is 0.226 e. The van der Waals surface area contributed by atoms with Gasteiger partial charge in [-0.25, -0.2) is 0 Å². The third-order valence-corrected chi connectivity index (χ3v) is 3.75. The van der Waals surface area contributed by atoms with Gasteiger partial charge in [-0.1, -0.05) is 41.4 Å². The topological polar surface area (TPSA) is 64.7 Å². The van der Waals surface area contributed by atoms with Gasteiger partial charge in [-0.15, -0.1) is 0 Å². The number of nitrogens with one attached hydrogen (secondary N) is 1. The number of rotatable bonds is 6. The zero-order chi connectivity index (χ0) is 16.9. The van der Waals surface area contributed by atoms with Gasteiger partial charge < -0.3 is 5.32 Å². The van der Waals surface area contributed by atoms with E-state index in [9.17, 15) is 4.79 Å². The molecule has 0 saturated carbocycles. The van der Waals surface area contributed by atoms with Gasteiger partial charge in [0, 0.05) is 25.4 Å². The molecule has 3 rings (SSSR count). The maximum absolute atomic E-state index is 12.0. The van der Waals surface area contributed by atoms with Gasteiger partial charge in [-0.2, -0.15) is 10.2 Å². The van der Waals surface area contributed by atoms with Crippen LogP contribution in [0.4, 0.5) is 5.69 Å². The molecular formula is C17H18ClN5O. The van der Waals surface area contributed by atoms with E-state index in [-0.39, 0.29) is 5.91 Å². The lowest BCUT2D eigenvalue weighted by atomic mass is 10.1. The average Bonchev–Trinajstić information content (AvgIpc) is 3.17. The number of halogens is 1. The van der Waals surface area contributed by atoms with Crippen molar-refractivity contribution in [2.45, 2.75) is 26.4 Å². The first-order chi connectivity index (χ1) is 11.6. The molecule has 0 bridgehead atoms. The highest BCUT2D eigenvalue weighted by atomic mass is 35.5. The van der Waals surface area contributed by atoms with E-state index in [4.69, 9.17) is 11.6 Å². The van der Waals surface area contributed by atoms with Crippen molar-refractivity contribution in [3.8, 4) is 0 Å². The molecule has 24 heavy (non-hydrogen) atoms. The quantitative estimate of drug-likeness (QED) is 0.748. The Labute approximate surface area is 145 Å². The molecule has 0 saturated heterocycles. The molecule has 7 heteroatoms. The summed E-state index contributed by atoms with van der Waals surface area (Å²) in [5, 5.41) is 11.7. The van der Waals surface area contributed by atoms with Crippen LogP contribution in [0.25, 0.3) is 0 Å². The lowest BCUT2D eigenvalue weighted by molar-refractivity contribution is -0.116. The summed E-state index contributed by atoms with van der Waals surface area (Å²) in [5.41, 5.74) is 3.08. The Hall–Kier alpha value is -2.60. The van der Waals surface area contributed by atoms with Crippen LogP contribution in [-0.4, -0.2) is 25.5 Å². The Morgan fingerprint density at radius 1 is 1.12 bits per heavy atom. The fraction of sp³-hybridized carbons (Fsp3) is 0.235. The van der Waals surface area contributed by atoms with Gasteiger partial charge in [0.1, 0.15) is 0 Å². The zero-order valence-electron chi connectivity index (χ0n) is 13.3. The molecule has 2 heterocycles. The normalized spacial score (nSPS) is 10.8. The molecule has 6 nitrogen and oxygen atoms in total. The number of anilines is 1. The predicted molar refractivity (Wildman–Crippen MR) is 93.0 cm³/mol. The molecule has 1 amide bonds. The van der Waals surface area contributed by atoms with Gasteiger partial charge in [-0.3, -0.25) is 14.2 Å². The number of aryl methyl sites for hydroxylation is 2. The molecule has 0 aliphatic rings. The Bertz CT molecular complexity index is 822. The minimum absolute atomic E-state index is 0.0866. The number of carbonyl (C=O) groups excluding carboxylic acids is 1. The molecule has 1 N–H and O–H groups in total. The number of hydrogen-bond acceptors (Lipinski definition) is 3. The number of amides is 1. The highest BCUT2D eigenvalue weighted by Crippen LogP contribution is 2.10. The summed E-state index contributed by atoms with van der Waals surface area (Å²) < 4.78 is 3.44. The Morgan fingerprint density at radius 2 is 1.88 bits per heavy atom. The molecule has 0 aliphatic carbocycles. The number of hydrogen-bond donors (Lipinski definition) is 1. The molecule has 1 aromatic carbocycles. The van der Waals surface area contributed by atoms with E-state index in [1.807, 2.05) is 6.20 Å². The van der Waals surface area contributed by atoms with Gasteiger partial charge in [0.15, 0.2) is 0 Å². The number of carbonyl (C=O) groups is 1. The van der Waals surface area contributed by atoms with Crippen molar-refractivity contribution < 1.29 is 4.79 Å². The number of aromatic nitrogens is 4.